The van der Waals surface area contributed by atoms with Gasteiger partial charge in [-0.2, -0.15) is 0 Å². The fraction of sp³-hybridized carbons (Fsp3) is 0.538. The molecule has 0 aromatic heterocycles. The average molecular weight is 222 g/mol. The Kier molecular flexibility index (Phi) is 4.77. The van der Waals surface area contributed by atoms with E-state index < -0.39 is 0 Å². The highest BCUT2D eigenvalue weighted by molar-refractivity contribution is 5.42. The van der Waals surface area contributed by atoms with Crippen LogP contribution in [0, 0.1) is 13.8 Å². The van der Waals surface area contributed by atoms with Crippen LogP contribution >= 0.6 is 0 Å². The molecule has 0 amide bonds. The van der Waals surface area contributed by atoms with E-state index in [9.17, 15) is 0 Å². The van der Waals surface area contributed by atoms with E-state index in [0.717, 1.165) is 12.2 Å². The summed E-state index contributed by atoms with van der Waals surface area (Å²) in [6, 6.07) is 4.60. The van der Waals surface area contributed by atoms with Crippen molar-refractivity contribution in [1.82, 2.24) is 5.32 Å². The smallest absolute Gasteiger partial charge is 0.122 e. The molecular formula is C13H22N2O. The van der Waals surface area contributed by atoms with Crippen LogP contribution in [0.5, 0.6) is 5.75 Å². The van der Waals surface area contributed by atoms with Crippen LogP contribution in [-0.4, -0.2) is 20.7 Å². The average Bonchev–Trinajstić information content (AvgIpc) is 2.28. The quantitative estimate of drug-likeness (QED) is 0.800. The number of aryl methyl sites for hydroxylation is 2. The summed E-state index contributed by atoms with van der Waals surface area (Å²) in [6.07, 6.45) is 0.948. The Morgan fingerprint density at radius 1 is 1.31 bits per heavy atom. The number of ether oxygens (including phenoxy) is 1. The van der Waals surface area contributed by atoms with Crippen molar-refractivity contribution in [3.63, 3.8) is 0 Å². The second-order valence-electron chi connectivity index (χ2n) is 4.10. The minimum atomic E-state index is 0.328. The molecule has 3 heteroatoms. The Bertz CT molecular complexity index is 350. The molecule has 0 spiro atoms. The van der Waals surface area contributed by atoms with Gasteiger partial charge in [0.05, 0.1) is 7.11 Å². The Labute approximate surface area is 98.0 Å². The van der Waals surface area contributed by atoms with Gasteiger partial charge in [-0.3, -0.25) is 0 Å². The van der Waals surface area contributed by atoms with Crippen molar-refractivity contribution in [2.24, 2.45) is 5.73 Å². The Morgan fingerprint density at radius 2 is 2.00 bits per heavy atom. The first-order chi connectivity index (χ1) is 7.63. The highest BCUT2D eigenvalue weighted by Gasteiger charge is 2.13. The number of benzene rings is 1. The van der Waals surface area contributed by atoms with E-state index in [4.69, 9.17) is 10.5 Å². The molecule has 1 rings (SSSR count). The molecule has 1 atom stereocenters. The largest absolute Gasteiger partial charge is 0.496 e. The van der Waals surface area contributed by atoms with Gasteiger partial charge in [0.1, 0.15) is 5.75 Å². The first-order valence-electron chi connectivity index (χ1n) is 5.66. The second-order valence-corrected chi connectivity index (χ2v) is 4.10. The maximum atomic E-state index is 5.62. The first-order valence-corrected chi connectivity index (χ1v) is 5.66. The molecule has 90 valence electrons. The molecule has 0 aliphatic heterocycles. The summed E-state index contributed by atoms with van der Waals surface area (Å²) in [6.45, 7) is 4.87. The summed E-state index contributed by atoms with van der Waals surface area (Å²) in [4.78, 5) is 0. The molecule has 1 aromatic rings. The van der Waals surface area contributed by atoms with Gasteiger partial charge in [-0.15, -0.1) is 0 Å². The molecule has 0 saturated carbocycles. The van der Waals surface area contributed by atoms with Gasteiger partial charge in [-0.05, 0) is 56.6 Å². The lowest BCUT2D eigenvalue weighted by Gasteiger charge is -2.20. The number of nitrogens with two attached hydrogens (primary N) is 1. The van der Waals surface area contributed by atoms with Crippen molar-refractivity contribution in [3.8, 4) is 5.75 Å². The van der Waals surface area contributed by atoms with Gasteiger partial charge in [-0.25, -0.2) is 0 Å². The highest BCUT2D eigenvalue weighted by atomic mass is 16.5. The molecule has 0 saturated heterocycles. The number of hydrogen-bond donors (Lipinski definition) is 2. The van der Waals surface area contributed by atoms with Crippen LogP contribution in [0.1, 0.15) is 29.2 Å². The van der Waals surface area contributed by atoms with Gasteiger partial charge >= 0.3 is 0 Å². The summed E-state index contributed by atoms with van der Waals surface area (Å²) in [5.41, 5.74) is 9.35. The predicted octanol–water partition coefficient (Wildman–Crippen LogP) is 1.92. The monoisotopic (exact) mass is 222 g/mol. The number of methoxy groups -OCH3 is 1. The van der Waals surface area contributed by atoms with Crippen molar-refractivity contribution in [3.05, 3.63) is 28.8 Å². The van der Waals surface area contributed by atoms with Crippen molar-refractivity contribution < 1.29 is 4.74 Å². The van der Waals surface area contributed by atoms with E-state index in [1.807, 2.05) is 7.05 Å². The number of nitrogens with one attached hydrogen (secondary N) is 1. The summed E-state index contributed by atoms with van der Waals surface area (Å²) in [5, 5.41) is 3.30. The third-order valence-corrected chi connectivity index (χ3v) is 2.96. The van der Waals surface area contributed by atoms with Gasteiger partial charge in [-0.1, -0.05) is 6.07 Å². The number of rotatable bonds is 5. The summed E-state index contributed by atoms with van der Waals surface area (Å²) in [7, 11) is 3.68. The van der Waals surface area contributed by atoms with Gasteiger partial charge in [0.15, 0.2) is 0 Å². The van der Waals surface area contributed by atoms with Gasteiger partial charge in [0.25, 0.3) is 0 Å². The molecule has 0 bridgehead atoms. The van der Waals surface area contributed by atoms with Crippen LogP contribution in [0.4, 0.5) is 0 Å². The SMILES string of the molecule is CNC(CCN)c1cc(C)c(OC)cc1C. The van der Waals surface area contributed by atoms with Crippen molar-refractivity contribution in [2.45, 2.75) is 26.3 Å². The molecule has 0 fully saturated rings. The molecule has 3 nitrogen and oxygen atoms in total. The molecule has 0 aliphatic rings. The Hall–Kier alpha value is -1.06. The fourth-order valence-corrected chi connectivity index (χ4v) is 2.03. The van der Waals surface area contributed by atoms with Crippen molar-refractivity contribution in [2.75, 3.05) is 20.7 Å². The van der Waals surface area contributed by atoms with Crippen molar-refractivity contribution in [1.29, 1.82) is 0 Å². The van der Waals surface area contributed by atoms with Gasteiger partial charge < -0.3 is 15.8 Å². The molecule has 0 aliphatic carbocycles. The molecular weight excluding hydrogens is 200 g/mol. The van der Waals surface area contributed by atoms with Crippen molar-refractivity contribution >= 4 is 0 Å². The summed E-state index contributed by atoms with van der Waals surface area (Å²) < 4.78 is 5.31. The van der Waals surface area contributed by atoms with Crippen LogP contribution in [0.2, 0.25) is 0 Å². The van der Waals surface area contributed by atoms with E-state index in [0.29, 0.717) is 12.6 Å². The molecule has 3 N–H and O–H groups in total. The van der Waals surface area contributed by atoms with E-state index in [1.54, 1.807) is 7.11 Å². The standard InChI is InChI=1S/C13H22N2O/c1-9-8-13(16-4)10(2)7-11(9)12(15-3)5-6-14/h7-8,12,15H,5-6,14H2,1-4H3. The van der Waals surface area contributed by atoms with Gasteiger partial charge in [0.2, 0.25) is 0 Å². The zero-order valence-corrected chi connectivity index (χ0v) is 10.6. The third-order valence-electron chi connectivity index (χ3n) is 2.96. The minimum absolute atomic E-state index is 0.328. The lowest BCUT2D eigenvalue weighted by molar-refractivity contribution is 0.410. The lowest BCUT2D eigenvalue weighted by Crippen LogP contribution is -2.21. The van der Waals surface area contributed by atoms with Crippen LogP contribution in [-0.2, 0) is 0 Å². The minimum Gasteiger partial charge on any atom is -0.496 e. The second kappa shape index (κ2) is 5.87. The normalized spacial score (nSPS) is 12.6. The topological polar surface area (TPSA) is 47.3 Å². The van der Waals surface area contributed by atoms with Crippen LogP contribution in [0.15, 0.2) is 12.1 Å². The zero-order valence-electron chi connectivity index (χ0n) is 10.6. The Balaban J connectivity index is 3.08. The Morgan fingerprint density at radius 3 is 2.50 bits per heavy atom. The maximum Gasteiger partial charge on any atom is 0.122 e. The van der Waals surface area contributed by atoms with Gasteiger partial charge in [0, 0.05) is 6.04 Å². The van der Waals surface area contributed by atoms with Crippen LogP contribution in [0.3, 0.4) is 0 Å². The first kappa shape index (κ1) is 13.0. The molecule has 1 aromatic carbocycles. The lowest BCUT2D eigenvalue weighted by atomic mass is 9.96. The predicted molar refractivity (Wildman–Crippen MR) is 67.9 cm³/mol. The maximum absolute atomic E-state index is 5.62. The van der Waals surface area contributed by atoms with E-state index in [1.165, 1.54) is 16.7 Å². The van der Waals surface area contributed by atoms with E-state index >= 15 is 0 Å². The molecule has 1 unspecified atom stereocenters. The van der Waals surface area contributed by atoms with Crippen LogP contribution in [0.25, 0.3) is 0 Å². The third kappa shape index (κ3) is 2.74. The van der Waals surface area contributed by atoms with E-state index in [2.05, 4.69) is 31.3 Å². The summed E-state index contributed by atoms with van der Waals surface area (Å²) in [5.74, 6) is 0.948. The van der Waals surface area contributed by atoms with E-state index in [-0.39, 0.29) is 0 Å². The fourth-order valence-electron chi connectivity index (χ4n) is 2.03. The molecule has 0 heterocycles. The summed E-state index contributed by atoms with van der Waals surface area (Å²) >= 11 is 0. The number of hydrogen-bond acceptors (Lipinski definition) is 3. The highest BCUT2D eigenvalue weighted by Crippen LogP contribution is 2.27. The zero-order chi connectivity index (χ0) is 12.1. The molecule has 0 radical (unpaired) electrons. The van der Waals surface area contributed by atoms with Crippen LogP contribution < -0.4 is 15.8 Å². The molecule has 16 heavy (non-hydrogen) atoms.